The fraction of sp³-hybridized carbons (Fsp3) is 0.533. The third kappa shape index (κ3) is 11.9. The summed E-state index contributed by atoms with van der Waals surface area (Å²) in [6, 6.07) is 7.37. The van der Waals surface area contributed by atoms with Crippen LogP contribution in [-0.4, -0.2) is 77.7 Å². The number of hydrogen-bond acceptors (Lipinski definition) is 8. The number of carbonyl (C=O) groups is 1. The Morgan fingerprint density at radius 1 is 1.18 bits per heavy atom. The van der Waals surface area contributed by atoms with Crippen molar-refractivity contribution < 1.29 is 41.3 Å². The number of halogens is 3. The van der Waals surface area contributed by atoms with Crippen molar-refractivity contribution in [2.45, 2.75) is 62.9 Å². The number of benzene rings is 2. The van der Waals surface area contributed by atoms with Gasteiger partial charge >= 0.3 is 6.09 Å². The average molecular weight is 754 g/mol. The molecule has 4 N–H and O–H groups in total. The highest BCUT2D eigenvalue weighted by Gasteiger charge is 2.32. The second-order valence-corrected chi connectivity index (χ2v) is 17.5. The number of aliphatic hydroxyl groups excluding tert-OH is 1. The largest absolute Gasteiger partial charge is 0.449 e. The number of carbonyl (C=O) groups excluding carboxylic acids is 1. The van der Waals surface area contributed by atoms with Crippen molar-refractivity contribution in [3.63, 3.8) is 0 Å². The van der Waals surface area contributed by atoms with E-state index in [0.29, 0.717) is 27.4 Å². The van der Waals surface area contributed by atoms with Gasteiger partial charge < -0.3 is 30.4 Å². The van der Waals surface area contributed by atoms with E-state index < -0.39 is 65.6 Å². The second-order valence-electron chi connectivity index (χ2n) is 11.0. The molecule has 0 aliphatic carbocycles. The molecular weight excluding hydrogens is 711 g/mol. The normalized spacial score (nSPS) is 17.1. The van der Waals surface area contributed by atoms with E-state index in [4.69, 9.17) is 24.3 Å². The van der Waals surface area contributed by atoms with Gasteiger partial charge in [0.05, 0.1) is 21.7 Å². The molecule has 0 spiro atoms. The molecule has 1 amide bonds. The number of hydrogen-bond donors (Lipinski definition) is 3. The van der Waals surface area contributed by atoms with Crippen LogP contribution in [0.3, 0.4) is 0 Å². The number of nitrogen functional groups attached to an aromatic ring is 1. The van der Waals surface area contributed by atoms with Crippen molar-refractivity contribution in [2.75, 3.05) is 41.1 Å². The third-order valence-corrected chi connectivity index (χ3v) is 11.5. The highest BCUT2D eigenvalue weighted by molar-refractivity contribution is 14.2. The van der Waals surface area contributed by atoms with Crippen LogP contribution in [0.25, 0.3) is 0 Å². The first-order valence-electron chi connectivity index (χ1n) is 14.3. The van der Waals surface area contributed by atoms with E-state index in [1.807, 2.05) is 13.8 Å². The average Bonchev–Trinajstić information content (AvgIpc) is 2.95. The molecule has 0 bridgehead atoms. The van der Waals surface area contributed by atoms with Gasteiger partial charge in [0.15, 0.2) is 6.29 Å². The lowest BCUT2D eigenvalue weighted by atomic mass is 10.0. The SMILES string of the molecule is C#I(CCOC(=O)N[C@@H](Cc1cc(F)cc(F)c1)[C@H](O)CN(CC(C)C)S(=O)(=O)c1ccc(N)cc1)CO[C@H]1CCCCO1. The van der Waals surface area contributed by atoms with Crippen molar-refractivity contribution in [1.82, 2.24) is 9.62 Å². The summed E-state index contributed by atoms with van der Waals surface area (Å²) in [6.45, 7) is 3.96. The fourth-order valence-electron chi connectivity index (χ4n) is 4.54. The molecule has 3 atom stereocenters. The number of rotatable bonds is 14. The van der Waals surface area contributed by atoms with E-state index >= 15 is 0 Å². The number of anilines is 1. The van der Waals surface area contributed by atoms with Crippen LogP contribution >= 0.6 is 19.1 Å². The summed E-state index contributed by atoms with van der Waals surface area (Å²) in [6.07, 6.45) is 0.0350. The molecule has 246 valence electrons. The summed E-state index contributed by atoms with van der Waals surface area (Å²) < 4.78 is 79.6. The van der Waals surface area contributed by atoms with E-state index in [1.54, 1.807) is 0 Å². The molecule has 2 aromatic carbocycles. The minimum Gasteiger partial charge on any atom is -0.449 e. The first kappa shape index (κ1) is 36.1. The van der Waals surface area contributed by atoms with Crippen LogP contribution in [0.15, 0.2) is 47.4 Å². The molecule has 0 saturated carbocycles. The van der Waals surface area contributed by atoms with Gasteiger partial charge in [-0.25, -0.2) is 22.0 Å². The molecule has 14 heteroatoms. The Morgan fingerprint density at radius 3 is 2.48 bits per heavy atom. The monoisotopic (exact) mass is 753 g/mol. The minimum absolute atomic E-state index is 0.00444. The number of alkyl halides is 2. The number of nitrogens with zero attached hydrogens (tertiary/aromatic N) is 1. The minimum atomic E-state index is -4.07. The molecule has 44 heavy (non-hydrogen) atoms. The summed E-state index contributed by atoms with van der Waals surface area (Å²) in [7, 11) is -4.07. The first-order chi connectivity index (χ1) is 20.8. The van der Waals surface area contributed by atoms with Gasteiger partial charge in [0.25, 0.3) is 0 Å². The lowest BCUT2D eigenvalue weighted by Crippen LogP contribution is -2.51. The number of nitrogens with one attached hydrogen (secondary N) is 1. The highest BCUT2D eigenvalue weighted by atomic mass is 127. The van der Waals surface area contributed by atoms with Crippen molar-refractivity contribution in [3.05, 3.63) is 59.7 Å². The lowest BCUT2D eigenvalue weighted by molar-refractivity contribution is -0.147. The number of ether oxygens (including phenoxy) is 3. The molecule has 1 saturated heterocycles. The van der Waals surface area contributed by atoms with Crippen LogP contribution in [0.4, 0.5) is 19.3 Å². The number of nitrogens with two attached hydrogens (primary N) is 1. The molecule has 0 radical (unpaired) electrons. The van der Waals surface area contributed by atoms with Gasteiger partial charge in [-0.3, -0.25) is 0 Å². The van der Waals surface area contributed by atoms with E-state index in [0.717, 1.165) is 35.7 Å². The van der Waals surface area contributed by atoms with Gasteiger partial charge in [-0.05, 0) is 73.6 Å². The summed E-state index contributed by atoms with van der Waals surface area (Å²) in [5.74, 6) is -1.77. The number of amides is 1. The van der Waals surface area contributed by atoms with Crippen molar-refractivity contribution >= 4 is 40.9 Å². The smallest absolute Gasteiger partial charge is 0.407 e. The Kier molecular flexibility index (Phi) is 14.3. The van der Waals surface area contributed by atoms with Crippen molar-refractivity contribution in [1.29, 1.82) is 0 Å². The first-order valence-corrected chi connectivity index (χ1v) is 20.1. The molecule has 1 heterocycles. The molecule has 0 unspecified atom stereocenters. The van der Waals surface area contributed by atoms with Crippen LogP contribution < -0.4 is 11.1 Å². The van der Waals surface area contributed by atoms with Crippen LogP contribution in [-0.2, 0) is 30.7 Å². The van der Waals surface area contributed by atoms with Gasteiger partial charge in [0.2, 0.25) is 10.0 Å². The lowest BCUT2D eigenvalue weighted by Gasteiger charge is -2.30. The van der Waals surface area contributed by atoms with Crippen LogP contribution in [0.2, 0.25) is 0 Å². The maximum absolute atomic E-state index is 14.0. The molecule has 10 nitrogen and oxygen atoms in total. The zero-order valence-corrected chi connectivity index (χ0v) is 27.9. The van der Waals surface area contributed by atoms with Gasteiger partial charge in [-0.2, -0.15) is 4.31 Å². The number of aliphatic hydroxyl groups is 1. The van der Waals surface area contributed by atoms with Crippen molar-refractivity contribution in [3.8, 4) is 4.31 Å². The molecule has 1 fully saturated rings. The third-order valence-electron chi connectivity index (χ3n) is 6.70. The molecule has 1 aliphatic heterocycles. The predicted molar refractivity (Wildman–Crippen MR) is 172 cm³/mol. The Morgan fingerprint density at radius 2 is 1.86 bits per heavy atom. The van der Waals surface area contributed by atoms with E-state index in [-0.39, 0.29) is 42.2 Å². The van der Waals surface area contributed by atoms with Crippen molar-refractivity contribution in [2.24, 2.45) is 5.92 Å². The van der Waals surface area contributed by atoms with Crippen LogP contribution in [0.1, 0.15) is 38.7 Å². The summed E-state index contributed by atoms with van der Waals surface area (Å²) in [4.78, 5) is 12.8. The Bertz CT molecular complexity index is 1380. The zero-order chi connectivity index (χ0) is 32.3. The topological polar surface area (TPSA) is 140 Å². The quantitative estimate of drug-likeness (QED) is 0.146. The van der Waals surface area contributed by atoms with Gasteiger partial charge in [0.1, 0.15) is 18.2 Å². The maximum Gasteiger partial charge on any atom is 0.407 e. The number of sulfonamides is 1. The molecule has 0 aromatic heterocycles. The summed E-state index contributed by atoms with van der Waals surface area (Å²) in [5.41, 5.74) is 6.26. The highest BCUT2D eigenvalue weighted by Crippen LogP contribution is 2.23. The van der Waals surface area contributed by atoms with E-state index in [2.05, 4.69) is 5.32 Å². The number of alkyl carbamates (subject to hydrolysis) is 1. The van der Waals surface area contributed by atoms with E-state index in [1.165, 1.54) is 24.3 Å². The maximum atomic E-state index is 14.0. The van der Waals surface area contributed by atoms with Crippen LogP contribution in [0.5, 0.6) is 0 Å². The van der Waals surface area contributed by atoms with Crippen LogP contribution in [0, 0.1) is 21.9 Å². The molecule has 2 aromatic rings. The molecular formula is C30H42F2IN3O7S. The molecule has 1 aliphatic rings. The Hall–Kier alpha value is -2.33. The standard InChI is InChI=1S/C30H42F2IN3O7S/c1-21(2)18-36(44(39,40)26-9-7-25(34)8-10-26)19-28(37)27(16-22-14-23(31)17-24(32)15-22)35-30(38)42-13-11-33(3)20-43-29-6-4-5-12-41-29/h3,7-10,14-15,17,21,27-29,37H,4-6,11-13,16,18-20,34H2,1-2H3,(H,35,38)/t27-,28+,29-/m0/s1. The van der Waals surface area contributed by atoms with E-state index in [9.17, 15) is 27.1 Å². The fourth-order valence-corrected chi connectivity index (χ4v) is 8.12. The predicted octanol–water partition coefficient (Wildman–Crippen LogP) is 4.49. The Balaban J connectivity index is 1.69. The molecule has 3 rings (SSSR count). The van der Waals surface area contributed by atoms with Gasteiger partial charge in [-0.15, -0.1) is 23.5 Å². The zero-order valence-electron chi connectivity index (χ0n) is 25.0. The second kappa shape index (κ2) is 17.4. The Labute approximate surface area is 264 Å². The summed E-state index contributed by atoms with van der Waals surface area (Å²) in [5, 5.41) is 13.8. The van der Waals surface area contributed by atoms with Gasteiger partial charge in [-0.1, -0.05) is 13.8 Å². The summed E-state index contributed by atoms with van der Waals surface area (Å²) >= 11 is -2.05. The van der Waals surface area contributed by atoms with Gasteiger partial charge in [0, 0.05) is 35.9 Å².